The van der Waals surface area contributed by atoms with Crippen LogP contribution >= 0.6 is 34.9 Å². The van der Waals surface area contributed by atoms with Gasteiger partial charge >= 0.3 is 18.2 Å². The van der Waals surface area contributed by atoms with Crippen LogP contribution in [-0.4, -0.2) is 93.3 Å². The summed E-state index contributed by atoms with van der Waals surface area (Å²) in [5.74, 6) is -0.968. The Balaban J connectivity index is 1.57. The number of methoxy groups -OCH3 is 1. The van der Waals surface area contributed by atoms with E-state index in [1.54, 1.807) is 65.8 Å². The van der Waals surface area contributed by atoms with E-state index in [1.165, 1.54) is 58.8 Å². The molecule has 4 amide bonds. The van der Waals surface area contributed by atoms with Gasteiger partial charge in [0.05, 0.1) is 7.11 Å². The molecule has 0 bridgehead atoms. The number of alkyl carbamates (subject to hydrolysis) is 1. The van der Waals surface area contributed by atoms with Gasteiger partial charge in [-0.15, -0.1) is 22.0 Å². The topological polar surface area (TPSA) is 169 Å². The van der Waals surface area contributed by atoms with Gasteiger partial charge in [-0.2, -0.15) is 0 Å². The molecule has 0 aliphatic carbocycles. The molecule has 260 valence electrons. The van der Waals surface area contributed by atoms with Crippen molar-refractivity contribution in [1.82, 2.24) is 25.7 Å². The van der Waals surface area contributed by atoms with Crippen LogP contribution < -0.4 is 15.5 Å². The Labute approximate surface area is 291 Å². The minimum Gasteiger partial charge on any atom is -0.455 e. The third kappa shape index (κ3) is 8.99. The van der Waals surface area contributed by atoms with Crippen LogP contribution in [-0.2, 0) is 28.6 Å². The summed E-state index contributed by atoms with van der Waals surface area (Å²) in [6.45, 7) is 12.2. The van der Waals surface area contributed by atoms with E-state index >= 15 is 0 Å². The van der Waals surface area contributed by atoms with E-state index in [1.807, 2.05) is 6.92 Å². The van der Waals surface area contributed by atoms with Crippen molar-refractivity contribution >= 4 is 70.5 Å². The monoisotopic (exact) mass is 720 g/mol. The SMILES string of the molecule is COC(=O)N(C)c1ccc(C(NC(=O)OC(C)(C)C)C(=O)NC2C(=O)N3C(C(=O)OC(C)(C)C)=C(CSc4nnc(C)s4)CS[C@@H]23)cc1. The largest absolute Gasteiger partial charge is 0.455 e. The lowest BCUT2D eigenvalue weighted by Gasteiger charge is -2.50. The van der Waals surface area contributed by atoms with Crippen molar-refractivity contribution in [2.45, 2.75) is 81.5 Å². The molecule has 1 aromatic heterocycles. The molecule has 1 saturated heterocycles. The maximum atomic E-state index is 13.8. The molecule has 1 fully saturated rings. The molecule has 2 N–H and O–H groups in total. The summed E-state index contributed by atoms with van der Waals surface area (Å²) in [6, 6.07) is 4.11. The summed E-state index contributed by atoms with van der Waals surface area (Å²) in [5, 5.41) is 13.8. The third-order valence-electron chi connectivity index (χ3n) is 6.80. The number of hydrogen-bond acceptors (Lipinski definition) is 13. The van der Waals surface area contributed by atoms with Crippen LogP contribution in [0.5, 0.6) is 0 Å². The number of amides is 4. The highest BCUT2D eigenvalue weighted by Crippen LogP contribution is 2.42. The molecule has 14 nitrogen and oxygen atoms in total. The van der Waals surface area contributed by atoms with Crippen LogP contribution in [0.25, 0.3) is 0 Å². The van der Waals surface area contributed by atoms with Gasteiger partial charge in [-0.3, -0.25) is 19.4 Å². The van der Waals surface area contributed by atoms with Crippen molar-refractivity contribution in [3.63, 3.8) is 0 Å². The fraction of sp³-hybridized carbons (Fsp3) is 0.516. The first-order valence-corrected chi connectivity index (χ1v) is 17.8. The number of nitrogens with one attached hydrogen (secondary N) is 2. The van der Waals surface area contributed by atoms with Crippen molar-refractivity contribution in [1.29, 1.82) is 0 Å². The normalized spacial score (nSPS) is 18.3. The quantitative estimate of drug-likeness (QED) is 0.162. The predicted octanol–water partition coefficient (Wildman–Crippen LogP) is 4.40. The fourth-order valence-electron chi connectivity index (χ4n) is 4.69. The van der Waals surface area contributed by atoms with Gasteiger partial charge in [-0.1, -0.05) is 35.2 Å². The van der Waals surface area contributed by atoms with E-state index in [4.69, 9.17) is 14.2 Å². The highest BCUT2D eigenvalue weighted by Gasteiger charge is 2.55. The zero-order valence-corrected chi connectivity index (χ0v) is 30.7. The number of carbonyl (C=O) groups is 5. The number of β-lactam (4-membered cyclic amide) rings is 1. The number of fused-ring (bicyclic) bond motifs is 1. The Bertz CT molecular complexity index is 1600. The smallest absolute Gasteiger partial charge is 0.413 e. The zero-order valence-electron chi connectivity index (χ0n) is 28.2. The van der Waals surface area contributed by atoms with Gasteiger partial charge in [0.15, 0.2) is 4.34 Å². The van der Waals surface area contributed by atoms with Gasteiger partial charge in [0, 0.05) is 24.2 Å². The van der Waals surface area contributed by atoms with Crippen LogP contribution in [0.15, 0.2) is 39.9 Å². The maximum Gasteiger partial charge on any atom is 0.413 e. The molecule has 2 aromatic rings. The molecule has 3 heterocycles. The predicted molar refractivity (Wildman–Crippen MR) is 183 cm³/mol. The maximum absolute atomic E-state index is 13.8. The molecule has 0 radical (unpaired) electrons. The van der Waals surface area contributed by atoms with Crippen LogP contribution in [0.2, 0.25) is 0 Å². The Morgan fingerprint density at radius 2 is 1.71 bits per heavy atom. The average molecular weight is 721 g/mol. The van der Waals surface area contributed by atoms with Gasteiger partial charge in [-0.05, 0) is 71.7 Å². The van der Waals surface area contributed by atoms with Crippen LogP contribution in [0.1, 0.15) is 58.2 Å². The Kier molecular flexibility index (Phi) is 11.4. The lowest BCUT2D eigenvalue weighted by atomic mass is 10.0. The van der Waals surface area contributed by atoms with E-state index in [2.05, 4.69) is 20.8 Å². The molecule has 4 rings (SSSR count). The molecular weight excluding hydrogens is 681 g/mol. The van der Waals surface area contributed by atoms with E-state index < -0.39 is 58.6 Å². The highest BCUT2D eigenvalue weighted by atomic mass is 32.2. The van der Waals surface area contributed by atoms with Gasteiger partial charge < -0.3 is 24.8 Å². The molecule has 2 unspecified atom stereocenters. The first kappa shape index (κ1) is 37.0. The van der Waals surface area contributed by atoms with Crippen molar-refractivity contribution in [2.75, 3.05) is 30.6 Å². The van der Waals surface area contributed by atoms with E-state index in [-0.39, 0.29) is 5.70 Å². The van der Waals surface area contributed by atoms with Gasteiger partial charge in [-0.25, -0.2) is 14.4 Å². The van der Waals surface area contributed by atoms with E-state index in [0.717, 1.165) is 9.35 Å². The standard InChI is InChI=1S/C31H40N6O8S3/c1-16-34-35-28(48-16)47-15-18-14-46-25-21(24(39)37(25)22(18)26(40)44-30(2,3)4)32-23(38)20(33-27(41)45-31(5,6)7)17-10-12-19(13-11-17)36(8)29(42)43-9/h10-13,20-21,25H,14-15H2,1-9H3,(H,32,38)(H,33,41)/t20?,21?,25-/m0/s1. The van der Waals surface area contributed by atoms with Crippen LogP contribution in [0.3, 0.4) is 0 Å². The minimum atomic E-state index is -1.25. The average Bonchev–Trinajstić information content (AvgIpc) is 3.43. The second kappa shape index (κ2) is 14.7. The number of aromatic nitrogens is 2. The number of rotatable bonds is 9. The summed E-state index contributed by atoms with van der Waals surface area (Å²) in [4.78, 5) is 68.4. The molecular formula is C31H40N6O8S3. The first-order chi connectivity index (χ1) is 22.4. The molecule has 0 spiro atoms. The number of carbonyl (C=O) groups excluding carboxylic acids is 5. The summed E-state index contributed by atoms with van der Waals surface area (Å²) in [7, 11) is 2.79. The number of nitrogens with zero attached hydrogens (tertiary/aromatic N) is 4. The van der Waals surface area contributed by atoms with E-state index in [9.17, 15) is 24.0 Å². The van der Waals surface area contributed by atoms with Crippen LogP contribution in [0, 0.1) is 6.92 Å². The van der Waals surface area contributed by atoms with Gasteiger partial charge in [0.1, 0.15) is 39.4 Å². The first-order valence-electron chi connectivity index (χ1n) is 14.9. The Morgan fingerprint density at radius 1 is 1.06 bits per heavy atom. The summed E-state index contributed by atoms with van der Waals surface area (Å²) in [6.07, 6.45) is -1.42. The van der Waals surface area contributed by atoms with Crippen LogP contribution in [0.4, 0.5) is 15.3 Å². The molecule has 17 heteroatoms. The lowest BCUT2D eigenvalue weighted by Crippen LogP contribution is -2.71. The van der Waals surface area contributed by atoms with Crippen molar-refractivity contribution in [3.8, 4) is 0 Å². The minimum absolute atomic E-state index is 0.159. The fourth-order valence-corrected chi connectivity index (χ4v) is 7.99. The Hall–Kier alpha value is -3.83. The van der Waals surface area contributed by atoms with Crippen molar-refractivity contribution < 1.29 is 38.2 Å². The molecule has 0 saturated carbocycles. The van der Waals surface area contributed by atoms with Gasteiger partial charge in [0.25, 0.3) is 5.91 Å². The van der Waals surface area contributed by atoms with Gasteiger partial charge in [0.2, 0.25) is 5.91 Å². The Morgan fingerprint density at radius 3 is 2.27 bits per heavy atom. The zero-order chi connectivity index (χ0) is 35.6. The number of esters is 1. The summed E-state index contributed by atoms with van der Waals surface area (Å²) < 4.78 is 16.6. The van der Waals surface area contributed by atoms with E-state index in [0.29, 0.717) is 28.3 Å². The molecule has 1 aromatic carbocycles. The second-order valence-corrected chi connectivity index (χ2v) is 16.4. The second-order valence-electron chi connectivity index (χ2n) is 12.9. The highest BCUT2D eigenvalue weighted by molar-refractivity contribution is 8.01. The number of thioether (sulfide) groups is 2. The number of anilines is 1. The van der Waals surface area contributed by atoms with Crippen molar-refractivity contribution in [3.05, 3.63) is 46.1 Å². The molecule has 2 aliphatic heterocycles. The number of benzene rings is 1. The molecule has 3 atom stereocenters. The summed E-state index contributed by atoms with van der Waals surface area (Å²) >= 11 is 4.27. The number of hydrogen-bond donors (Lipinski definition) is 2. The molecule has 48 heavy (non-hydrogen) atoms. The molecule has 2 aliphatic rings. The number of ether oxygens (including phenoxy) is 3. The lowest BCUT2D eigenvalue weighted by molar-refractivity contribution is -0.159. The van der Waals surface area contributed by atoms with Crippen molar-refractivity contribution in [2.24, 2.45) is 0 Å². The third-order valence-corrected chi connectivity index (χ3v) is 10.2. The summed E-state index contributed by atoms with van der Waals surface area (Å²) in [5.41, 5.74) is 0.0937. The number of aryl methyl sites for hydroxylation is 1.